The number of aliphatic hydroxyl groups is 1. The van der Waals surface area contributed by atoms with Crippen LogP contribution in [0.2, 0.25) is 0 Å². The van der Waals surface area contributed by atoms with E-state index in [1.165, 1.54) is 17.0 Å². The van der Waals surface area contributed by atoms with Gasteiger partial charge in [0.15, 0.2) is 0 Å². The number of fused-ring (bicyclic) bond motifs is 1. The van der Waals surface area contributed by atoms with Crippen LogP contribution in [-0.4, -0.2) is 39.3 Å². The molecule has 6 nitrogen and oxygen atoms in total. The van der Waals surface area contributed by atoms with Gasteiger partial charge in [0.2, 0.25) is 5.91 Å². The molecule has 1 aliphatic carbocycles. The largest absolute Gasteiger partial charge is 0.376 e. The molecule has 5 rings (SSSR count). The lowest BCUT2D eigenvalue weighted by Crippen LogP contribution is -2.42. The minimum absolute atomic E-state index is 0.0514. The number of rotatable bonds is 9. The number of ether oxygens (including phenoxy) is 1. The van der Waals surface area contributed by atoms with Crippen molar-refractivity contribution in [3.05, 3.63) is 102 Å². The number of carbonyl (C=O) groups excluding carboxylic acids is 1. The van der Waals surface area contributed by atoms with Crippen molar-refractivity contribution in [2.24, 2.45) is 5.92 Å². The molecule has 0 radical (unpaired) electrons. The van der Waals surface area contributed by atoms with Gasteiger partial charge in [-0.05, 0) is 42.0 Å². The van der Waals surface area contributed by atoms with E-state index in [1.54, 1.807) is 13.2 Å². The van der Waals surface area contributed by atoms with Crippen molar-refractivity contribution in [2.45, 2.75) is 50.8 Å². The lowest BCUT2D eigenvalue weighted by Gasteiger charge is -2.35. The smallest absolute Gasteiger partial charge is 0.248 e. The summed E-state index contributed by atoms with van der Waals surface area (Å²) in [5, 5.41) is 10.4. The zero-order valence-corrected chi connectivity index (χ0v) is 21.7. The van der Waals surface area contributed by atoms with Crippen molar-refractivity contribution in [3.63, 3.8) is 0 Å². The Morgan fingerprint density at radius 1 is 1.05 bits per heavy atom. The summed E-state index contributed by atoms with van der Waals surface area (Å²) >= 11 is 0. The maximum absolute atomic E-state index is 14.4. The van der Waals surface area contributed by atoms with Crippen LogP contribution in [0.3, 0.4) is 0 Å². The number of imidazole rings is 1. The molecule has 38 heavy (non-hydrogen) atoms. The fraction of sp³-hybridized carbons (Fsp3) is 0.355. The van der Waals surface area contributed by atoms with Gasteiger partial charge in [0.25, 0.3) is 0 Å². The van der Waals surface area contributed by atoms with E-state index < -0.39 is 18.9 Å². The number of halogens is 1. The molecule has 0 aliphatic heterocycles. The summed E-state index contributed by atoms with van der Waals surface area (Å²) in [5.74, 6) is 0.0522. The van der Waals surface area contributed by atoms with Gasteiger partial charge >= 0.3 is 0 Å². The molecule has 1 fully saturated rings. The van der Waals surface area contributed by atoms with Crippen LogP contribution in [-0.2, 0) is 16.1 Å². The molecule has 1 saturated carbocycles. The van der Waals surface area contributed by atoms with Crippen molar-refractivity contribution < 1.29 is 19.0 Å². The molecule has 3 aromatic carbocycles. The number of benzene rings is 3. The Kier molecular flexibility index (Phi) is 8.15. The molecule has 1 N–H and O–H groups in total. The SMILES string of the molecule is CO[C@H](c1ccccc1)c1nc2cc(F)ccc2n1C(C(=O)N(CO)Cc1ccccc1)C1CCCCC1. The third-order valence-electron chi connectivity index (χ3n) is 7.58. The van der Waals surface area contributed by atoms with E-state index in [-0.39, 0.29) is 17.6 Å². The molecule has 0 bridgehead atoms. The van der Waals surface area contributed by atoms with E-state index in [4.69, 9.17) is 9.72 Å². The number of hydrogen-bond acceptors (Lipinski definition) is 4. The van der Waals surface area contributed by atoms with Crippen molar-refractivity contribution in [3.8, 4) is 0 Å². The van der Waals surface area contributed by atoms with Crippen LogP contribution in [0.5, 0.6) is 0 Å². The maximum atomic E-state index is 14.4. The standard InChI is InChI=1S/C31H34FN3O3/c1-38-29(24-15-9-4-10-16-24)30-33-26-19-25(32)17-18-27(26)35(30)28(23-13-7-3-8-14-23)31(37)34(21-36)20-22-11-5-2-6-12-22/h2,4-6,9-12,15-19,23,28-29,36H,3,7-8,13-14,20-21H2,1H3/t28?,29-/m1/s1. The lowest BCUT2D eigenvalue weighted by molar-refractivity contribution is -0.141. The van der Waals surface area contributed by atoms with Crippen LogP contribution < -0.4 is 0 Å². The van der Waals surface area contributed by atoms with Crippen LogP contribution in [0.15, 0.2) is 78.9 Å². The van der Waals surface area contributed by atoms with E-state index in [0.29, 0.717) is 23.4 Å². The zero-order valence-electron chi connectivity index (χ0n) is 21.7. The third kappa shape index (κ3) is 5.35. The molecule has 1 aliphatic rings. The first-order chi connectivity index (χ1) is 18.6. The van der Waals surface area contributed by atoms with Crippen LogP contribution >= 0.6 is 0 Å². The van der Waals surface area contributed by atoms with Gasteiger partial charge in [0, 0.05) is 19.7 Å². The monoisotopic (exact) mass is 515 g/mol. The number of methoxy groups -OCH3 is 1. The Bertz CT molecular complexity index is 1350. The molecule has 0 spiro atoms. The van der Waals surface area contributed by atoms with E-state index in [0.717, 1.165) is 43.2 Å². The van der Waals surface area contributed by atoms with E-state index in [2.05, 4.69) is 0 Å². The molecule has 1 aromatic heterocycles. The van der Waals surface area contributed by atoms with Crippen molar-refractivity contribution in [2.75, 3.05) is 13.8 Å². The van der Waals surface area contributed by atoms with Gasteiger partial charge in [-0.2, -0.15) is 0 Å². The Balaban J connectivity index is 1.67. The maximum Gasteiger partial charge on any atom is 0.248 e. The second kappa shape index (κ2) is 11.9. The van der Waals surface area contributed by atoms with Gasteiger partial charge in [0.05, 0.1) is 11.0 Å². The number of carbonyl (C=O) groups is 1. The van der Waals surface area contributed by atoms with Gasteiger partial charge in [-0.15, -0.1) is 0 Å². The summed E-state index contributed by atoms with van der Waals surface area (Å²) in [6.07, 6.45) is 4.44. The first-order valence-corrected chi connectivity index (χ1v) is 13.3. The Labute approximate surface area is 222 Å². The summed E-state index contributed by atoms with van der Waals surface area (Å²) in [7, 11) is 1.62. The van der Waals surface area contributed by atoms with Crippen molar-refractivity contribution in [1.29, 1.82) is 0 Å². The first kappa shape index (κ1) is 26.1. The molecule has 0 saturated heterocycles. The summed E-state index contributed by atoms with van der Waals surface area (Å²) in [5.41, 5.74) is 2.99. The molecular formula is C31H34FN3O3. The second-order valence-corrected chi connectivity index (χ2v) is 10.0. The minimum atomic E-state index is -0.613. The van der Waals surface area contributed by atoms with Crippen molar-refractivity contribution >= 4 is 16.9 Å². The first-order valence-electron chi connectivity index (χ1n) is 13.3. The Hall–Kier alpha value is -3.55. The molecule has 4 aromatic rings. The van der Waals surface area contributed by atoms with E-state index in [9.17, 15) is 14.3 Å². The highest BCUT2D eigenvalue weighted by Gasteiger charge is 2.38. The molecule has 1 heterocycles. The van der Waals surface area contributed by atoms with Crippen molar-refractivity contribution in [1.82, 2.24) is 14.5 Å². The lowest BCUT2D eigenvalue weighted by atomic mass is 9.82. The molecule has 2 atom stereocenters. The molecule has 198 valence electrons. The number of hydrogen-bond donors (Lipinski definition) is 1. The summed E-state index contributed by atoms with van der Waals surface area (Å²) in [6.45, 7) is -0.109. The zero-order chi connectivity index (χ0) is 26.5. The van der Waals surface area contributed by atoms with Crippen LogP contribution in [0.25, 0.3) is 11.0 Å². The fourth-order valence-corrected chi connectivity index (χ4v) is 5.75. The predicted octanol–water partition coefficient (Wildman–Crippen LogP) is 6.01. The highest BCUT2D eigenvalue weighted by Crippen LogP contribution is 2.40. The highest BCUT2D eigenvalue weighted by molar-refractivity contribution is 5.85. The minimum Gasteiger partial charge on any atom is -0.376 e. The summed E-state index contributed by atoms with van der Waals surface area (Å²) < 4.78 is 22.3. The van der Waals surface area contributed by atoms with Crippen LogP contribution in [0.4, 0.5) is 4.39 Å². The number of nitrogens with zero attached hydrogens (tertiary/aromatic N) is 3. The van der Waals surface area contributed by atoms with Crippen LogP contribution in [0, 0.1) is 11.7 Å². The number of aromatic nitrogens is 2. The summed E-state index contributed by atoms with van der Waals surface area (Å²) in [4.78, 5) is 20.7. The predicted molar refractivity (Wildman–Crippen MR) is 145 cm³/mol. The third-order valence-corrected chi connectivity index (χ3v) is 7.58. The summed E-state index contributed by atoms with van der Waals surface area (Å²) in [6, 6.07) is 23.3. The van der Waals surface area contributed by atoms with E-state index in [1.807, 2.05) is 65.2 Å². The molecule has 7 heteroatoms. The van der Waals surface area contributed by atoms with Gasteiger partial charge in [-0.1, -0.05) is 79.9 Å². The topological polar surface area (TPSA) is 67.6 Å². The number of amides is 1. The van der Waals surface area contributed by atoms with Gasteiger partial charge in [0.1, 0.15) is 30.5 Å². The molecule has 1 amide bonds. The average Bonchev–Trinajstić information content (AvgIpc) is 3.31. The van der Waals surface area contributed by atoms with Gasteiger partial charge < -0.3 is 19.3 Å². The normalized spacial score (nSPS) is 15.9. The fourth-order valence-electron chi connectivity index (χ4n) is 5.75. The Morgan fingerprint density at radius 2 is 1.74 bits per heavy atom. The average molecular weight is 516 g/mol. The molecule has 1 unspecified atom stereocenters. The van der Waals surface area contributed by atoms with Crippen LogP contribution in [0.1, 0.15) is 61.2 Å². The quantitative estimate of drug-likeness (QED) is 0.277. The van der Waals surface area contributed by atoms with Gasteiger partial charge in [-0.25, -0.2) is 9.37 Å². The molecular weight excluding hydrogens is 481 g/mol. The second-order valence-electron chi connectivity index (χ2n) is 10.0. The van der Waals surface area contributed by atoms with E-state index >= 15 is 0 Å². The highest BCUT2D eigenvalue weighted by atomic mass is 19.1. The van der Waals surface area contributed by atoms with Gasteiger partial charge in [-0.3, -0.25) is 4.79 Å². The Morgan fingerprint density at radius 3 is 2.39 bits per heavy atom. The number of aliphatic hydroxyl groups excluding tert-OH is 1.